The molecule has 12 heavy (non-hydrogen) atoms. The van der Waals surface area contributed by atoms with Gasteiger partial charge in [-0.15, -0.1) is 11.3 Å². The number of aromatic nitrogens is 1. The van der Waals surface area contributed by atoms with Gasteiger partial charge in [0.25, 0.3) is 0 Å². The van der Waals surface area contributed by atoms with Gasteiger partial charge in [0.05, 0.1) is 0 Å². The Morgan fingerprint density at radius 2 is 2.25 bits per heavy atom. The fraction of sp³-hybridized carbons (Fsp3) is 0.625. The fourth-order valence-electron chi connectivity index (χ4n) is 0.765. The smallest absolute Gasteiger partial charge is 0.137 e. The van der Waals surface area contributed by atoms with Gasteiger partial charge >= 0.3 is 0 Å². The zero-order valence-corrected chi connectivity index (χ0v) is 9.26. The van der Waals surface area contributed by atoms with Crippen LogP contribution in [0.4, 0.5) is 5.82 Å². The third-order valence-electron chi connectivity index (χ3n) is 1.42. The first kappa shape index (κ1) is 9.86. The Kier molecular flexibility index (Phi) is 3.40. The number of thioether (sulfide) groups is 1. The molecule has 1 aromatic heterocycles. The quantitative estimate of drug-likeness (QED) is 0.819. The Morgan fingerprint density at radius 1 is 1.58 bits per heavy atom. The predicted molar refractivity (Wildman–Crippen MR) is 57.7 cm³/mol. The second-order valence-electron chi connectivity index (χ2n) is 2.91. The second-order valence-corrected chi connectivity index (χ2v) is 5.76. The van der Waals surface area contributed by atoms with Crippen LogP contribution in [0.15, 0.2) is 0 Å². The standard InChI is InChI=1S/C8H14N2S2/c1-5(2)11-4-7-10-8(9)6(3)12-7/h5H,4,9H2,1-3H3. The number of thiazole rings is 1. The fourth-order valence-corrected chi connectivity index (χ4v) is 2.39. The van der Waals surface area contributed by atoms with Gasteiger partial charge in [-0.3, -0.25) is 0 Å². The summed E-state index contributed by atoms with van der Waals surface area (Å²) in [5.41, 5.74) is 5.64. The minimum Gasteiger partial charge on any atom is -0.383 e. The van der Waals surface area contributed by atoms with E-state index in [1.807, 2.05) is 18.7 Å². The van der Waals surface area contributed by atoms with E-state index in [4.69, 9.17) is 5.73 Å². The Morgan fingerprint density at radius 3 is 2.67 bits per heavy atom. The first-order chi connectivity index (χ1) is 5.59. The average Bonchev–Trinajstić information content (AvgIpc) is 2.28. The summed E-state index contributed by atoms with van der Waals surface area (Å²) in [6.45, 7) is 6.39. The van der Waals surface area contributed by atoms with E-state index in [-0.39, 0.29) is 0 Å². The molecule has 0 fully saturated rings. The second kappa shape index (κ2) is 4.14. The lowest BCUT2D eigenvalue weighted by Crippen LogP contribution is -1.89. The summed E-state index contributed by atoms with van der Waals surface area (Å²) >= 11 is 3.60. The van der Waals surface area contributed by atoms with Gasteiger partial charge in [-0.2, -0.15) is 11.8 Å². The zero-order valence-electron chi connectivity index (χ0n) is 7.63. The SMILES string of the molecule is Cc1sc(CSC(C)C)nc1N. The molecule has 0 aliphatic carbocycles. The van der Waals surface area contributed by atoms with E-state index in [1.54, 1.807) is 11.3 Å². The van der Waals surface area contributed by atoms with Gasteiger partial charge in [-0.05, 0) is 12.2 Å². The molecule has 68 valence electrons. The maximum atomic E-state index is 5.64. The zero-order chi connectivity index (χ0) is 9.14. The van der Waals surface area contributed by atoms with E-state index >= 15 is 0 Å². The summed E-state index contributed by atoms with van der Waals surface area (Å²) in [5, 5.41) is 1.80. The molecule has 1 heterocycles. The molecule has 0 aliphatic heterocycles. The number of nitrogens with two attached hydrogens (primary N) is 1. The van der Waals surface area contributed by atoms with Crippen LogP contribution < -0.4 is 5.73 Å². The maximum Gasteiger partial charge on any atom is 0.137 e. The lowest BCUT2D eigenvalue weighted by Gasteiger charge is -2.00. The van der Waals surface area contributed by atoms with E-state index in [1.165, 1.54) is 0 Å². The van der Waals surface area contributed by atoms with Crippen molar-refractivity contribution in [2.24, 2.45) is 0 Å². The maximum absolute atomic E-state index is 5.64. The highest BCUT2D eigenvalue weighted by Gasteiger charge is 2.04. The van der Waals surface area contributed by atoms with Gasteiger partial charge in [-0.1, -0.05) is 13.8 Å². The van der Waals surface area contributed by atoms with Crippen LogP contribution in [0.2, 0.25) is 0 Å². The summed E-state index contributed by atoms with van der Waals surface area (Å²) in [4.78, 5) is 5.39. The first-order valence-corrected chi connectivity index (χ1v) is 5.79. The van der Waals surface area contributed by atoms with Gasteiger partial charge in [-0.25, -0.2) is 4.98 Å². The van der Waals surface area contributed by atoms with E-state index in [2.05, 4.69) is 18.8 Å². The summed E-state index contributed by atoms with van der Waals surface area (Å²) < 4.78 is 0. The predicted octanol–water partition coefficient (Wildman–Crippen LogP) is 2.68. The minimum atomic E-state index is 0.662. The van der Waals surface area contributed by atoms with Crippen molar-refractivity contribution < 1.29 is 0 Å². The Hall–Kier alpha value is -0.220. The van der Waals surface area contributed by atoms with Crippen LogP contribution in [0.1, 0.15) is 23.7 Å². The molecule has 0 unspecified atom stereocenters. The molecule has 0 aromatic carbocycles. The van der Waals surface area contributed by atoms with Crippen LogP contribution in [-0.2, 0) is 5.75 Å². The number of rotatable bonds is 3. The van der Waals surface area contributed by atoms with Gasteiger partial charge < -0.3 is 5.73 Å². The molecule has 2 nitrogen and oxygen atoms in total. The Balaban J connectivity index is 2.53. The lowest BCUT2D eigenvalue weighted by molar-refractivity contribution is 1.10. The van der Waals surface area contributed by atoms with Crippen molar-refractivity contribution in [1.29, 1.82) is 0 Å². The van der Waals surface area contributed by atoms with Gasteiger partial charge in [0.2, 0.25) is 0 Å². The van der Waals surface area contributed by atoms with Crippen LogP contribution in [0.25, 0.3) is 0 Å². The summed E-state index contributed by atoms with van der Waals surface area (Å²) in [6.07, 6.45) is 0. The largest absolute Gasteiger partial charge is 0.383 e. The molecule has 1 rings (SSSR count). The van der Waals surface area contributed by atoms with Crippen LogP contribution in [-0.4, -0.2) is 10.2 Å². The lowest BCUT2D eigenvalue weighted by atomic mass is 10.6. The van der Waals surface area contributed by atoms with Crippen LogP contribution in [0.5, 0.6) is 0 Å². The molecule has 0 saturated heterocycles. The molecule has 0 amide bonds. The average molecular weight is 202 g/mol. The number of anilines is 1. The molecule has 0 radical (unpaired) electrons. The molecule has 0 atom stereocenters. The third kappa shape index (κ3) is 2.68. The van der Waals surface area contributed by atoms with Crippen LogP contribution >= 0.6 is 23.1 Å². The first-order valence-electron chi connectivity index (χ1n) is 3.93. The van der Waals surface area contributed by atoms with Crippen LogP contribution in [0.3, 0.4) is 0 Å². The molecule has 1 aromatic rings. The monoisotopic (exact) mass is 202 g/mol. The summed E-state index contributed by atoms with van der Waals surface area (Å²) in [5.74, 6) is 1.68. The number of nitrogen functional groups attached to an aromatic ring is 1. The van der Waals surface area contributed by atoms with E-state index in [0.717, 1.165) is 15.6 Å². The van der Waals surface area contributed by atoms with Crippen molar-refractivity contribution in [1.82, 2.24) is 4.98 Å². The normalized spacial score (nSPS) is 11.0. The molecular weight excluding hydrogens is 188 g/mol. The van der Waals surface area contributed by atoms with Gasteiger partial charge in [0.1, 0.15) is 10.8 Å². The summed E-state index contributed by atoms with van der Waals surface area (Å²) in [6, 6.07) is 0. The molecule has 0 aliphatic rings. The highest BCUT2D eigenvalue weighted by atomic mass is 32.2. The Bertz CT molecular complexity index is 236. The van der Waals surface area contributed by atoms with Crippen molar-refractivity contribution in [3.63, 3.8) is 0 Å². The molecule has 2 N–H and O–H groups in total. The molecule has 4 heteroatoms. The van der Waals surface area contributed by atoms with Crippen molar-refractivity contribution in [3.05, 3.63) is 9.88 Å². The number of aryl methyl sites for hydroxylation is 1. The summed E-state index contributed by atoms with van der Waals surface area (Å²) in [7, 11) is 0. The number of nitrogens with zero attached hydrogens (tertiary/aromatic N) is 1. The molecular formula is C8H14N2S2. The minimum absolute atomic E-state index is 0.662. The van der Waals surface area contributed by atoms with Gasteiger partial charge in [0.15, 0.2) is 0 Å². The molecule has 0 spiro atoms. The van der Waals surface area contributed by atoms with Crippen molar-refractivity contribution in [2.75, 3.05) is 5.73 Å². The third-order valence-corrected chi connectivity index (χ3v) is 3.69. The number of hydrogen-bond donors (Lipinski definition) is 1. The highest BCUT2D eigenvalue weighted by molar-refractivity contribution is 7.99. The van der Waals surface area contributed by atoms with Crippen molar-refractivity contribution in [3.8, 4) is 0 Å². The van der Waals surface area contributed by atoms with E-state index < -0.39 is 0 Å². The van der Waals surface area contributed by atoms with Crippen molar-refractivity contribution >= 4 is 28.9 Å². The Labute approximate surface area is 81.6 Å². The number of hydrogen-bond acceptors (Lipinski definition) is 4. The highest BCUT2D eigenvalue weighted by Crippen LogP contribution is 2.24. The van der Waals surface area contributed by atoms with E-state index in [9.17, 15) is 0 Å². The van der Waals surface area contributed by atoms with Gasteiger partial charge in [0, 0.05) is 10.6 Å². The topological polar surface area (TPSA) is 38.9 Å². The van der Waals surface area contributed by atoms with E-state index in [0.29, 0.717) is 11.1 Å². The molecule has 0 bridgehead atoms. The molecule has 0 saturated carbocycles. The van der Waals surface area contributed by atoms with Crippen molar-refractivity contribution in [2.45, 2.75) is 31.8 Å². The van der Waals surface area contributed by atoms with Crippen LogP contribution in [0, 0.1) is 6.92 Å².